The summed E-state index contributed by atoms with van der Waals surface area (Å²) in [6, 6.07) is 9.48. The van der Waals surface area contributed by atoms with Crippen molar-refractivity contribution in [2.45, 2.75) is 18.9 Å². The van der Waals surface area contributed by atoms with Gasteiger partial charge in [0.15, 0.2) is 0 Å². The lowest BCUT2D eigenvalue weighted by Gasteiger charge is -2.33. The Bertz CT molecular complexity index is 340. The molecule has 1 aromatic carbocycles. The molecule has 0 aliphatic heterocycles. The van der Waals surface area contributed by atoms with Gasteiger partial charge in [0.25, 0.3) is 0 Å². The summed E-state index contributed by atoms with van der Waals surface area (Å²) in [5.41, 5.74) is 0.861. The van der Waals surface area contributed by atoms with Crippen LogP contribution in [-0.2, 0) is 9.59 Å². The lowest BCUT2D eigenvalue weighted by molar-refractivity contribution is -0.125. The molecule has 0 heterocycles. The second-order valence-electron chi connectivity index (χ2n) is 3.45. The number of Topliss-reactive ketones (excluding diaryl/α,β-unsaturated/α-hetero) is 1. The number of nitrogens with zero attached hydrogens (tertiary/aromatic N) is 1. The average molecular weight is 189 g/mol. The molecule has 3 heteroatoms. The van der Waals surface area contributed by atoms with E-state index in [-0.39, 0.29) is 11.8 Å². The van der Waals surface area contributed by atoms with Crippen LogP contribution < -0.4 is 4.90 Å². The van der Waals surface area contributed by atoms with Crippen molar-refractivity contribution in [2.75, 3.05) is 4.90 Å². The molecular formula is C11H11NO2. The van der Waals surface area contributed by atoms with Gasteiger partial charge in [-0.3, -0.25) is 9.59 Å². The fourth-order valence-corrected chi connectivity index (χ4v) is 1.62. The Labute approximate surface area is 82.3 Å². The zero-order valence-corrected chi connectivity index (χ0v) is 7.72. The highest BCUT2D eigenvalue weighted by atomic mass is 16.1. The molecule has 0 bridgehead atoms. The van der Waals surface area contributed by atoms with Gasteiger partial charge in [-0.05, 0) is 12.1 Å². The predicted octanol–water partition coefficient (Wildman–Crippen LogP) is 1.38. The van der Waals surface area contributed by atoms with Crippen LogP contribution in [0.1, 0.15) is 12.8 Å². The SMILES string of the molecule is O=CN(c1ccccc1)C1CC(=O)C1. The average Bonchev–Trinajstić information content (AvgIpc) is 2.18. The molecule has 14 heavy (non-hydrogen) atoms. The van der Waals surface area contributed by atoms with E-state index < -0.39 is 0 Å². The van der Waals surface area contributed by atoms with Crippen molar-refractivity contribution in [3.05, 3.63) is 30.3 Å². The Kier molecular flexibility index (Phi) is 2.31. The van der Waals surface area contributed by atoms with E-state index in [1.165, 1.54) is 0 Å². The summed E-state index contributed by atoms with van der Waals surface area (Å²) in [4.78, 5) is 23.3. The molecule has 72 valence electrons. The molecule has 0 atom stereocenters. The first-order valence-electron chi connectivity index (χ1n) is 4.61. The summed E-state index contributed by atoms with van der Waals surface area (Å²) in [5.74, 6) is 0.234. The predicted molar refractivity (Wildman–Crippen MR) is 53.0 cm³/mol. The van der Waals surface area contributed by atoms with Crippen LogP contribution in [0.25, 0.3) is 0 Å². The Hall–Kier alpha value is -1.64. The van der Waals surface area contributed by atoms with E-state index in [4.69, 9.17) is 0 Å². The Morgan fingerprint density at radius 3 is 2.36 bits per heavy atom. The van der Waals surface area contributed by atoms with Crippen molar-refractivity contribution >= 4 is 17.9 Å². The van der Waals surface area contributed by atoms with Gasteiger partial charge in [-0.25, -0.2) is 0 Å². The van der Waals surface area contributed by atoms with Crippen LogP contribution in [0.3, 0.4) is 0 Å². The molecule has 1 aliphatic rings. The van der Waals surface area contributed by atoms with Crippen LogP contribution in [0.2, 0.25) is 0 Å². The smallest absolute Gasteiger partial charge is 0.214 e. The number of carbonyl (C=O) groups excluding carboxylic acids is 2. The van der Waals surface area contributed by atoms with Crippen LogP contribution in [0, 0.1) is 0 Å². The number of hydrogen-bond donors (Lipinski definition) is 0. The third-order valence-electron chi connectivity index (χ3n) is 2.49. The van der Waals surface area contributed by atoms with E-state index in [0.29, 0.717) is 12.8 Å². The summed E-state index contributed by atoms with van der Waals surface area (Å²) in [6.45, 7) is 0. The maximum atomic E-state index is 10.9. The molecular weight excluding hydrogens is 178 g/mol. The fourth-order valence-electron chi connectivity index (χ4n) is 1.62. The van der Waals surface area contributed by atoms with Crippen LogP contribution in [-0.4, -0.2) is 18.2 Å². The Morgan fingerprint density at radius 2 is 1.86 bits per heavy atom. The first-order chi connectivity index (χ1) is 6.81. The summed E-state index contributed by atoms with van der Waals surface area (Å²) < 4.78 is 0. The van der Waals surface area contributed by atoms with Crippen LogP contribution >= 0.6 is 0 Å². The van der Waals surface area contributed by atoms with Gasteiger partial charge in [0.2, 0.25) is 6.41 Å². The molecule has 1 saturated carbocycles. The number of rotatable bonds is 3. The Morgan fingerprint density at radius 1 is 1.21 bits per heavy atom. The van der Waals surface area contributed by atoms with Crippen molar-refractivity contribution in [3.8, 4) is 0 Å². The third-order valence-corrected chi connectivity index (χ3v) is 2.49. The lowest BCUT2D eigenvalue weighted by atomic mass is 9.90. The molecule has 0 N–H and O–H groups in total. The molecule has 1 aromatic rings. The summed E-state index contributed by atoms with van der Waals surface area (Å²) in [7, 11) is 0. The molecule has 0 spiro atoms. The zero-order valence-electron chi connectivity index (χ0n) is 7.72. The summed E-state index contributed by atoms with van der Waals surface area (Å²) in [5, 5.41) is 0. The molecule has 1 amide bonds. The largest absolute Gasteiger partial charge is 0.311 e. The van der Waals surface area contributed by atoms with E-state index >= 15 is 0 Å². The second kappa shape index (κ2) is 3.62. The van der Waals surface area contributed by atoms with Crippen molar-refractivity contribution in [1.82, 2.24) is 0 Å². The topological polar surface area (TPSA) is 37.4 Å². The highest BCUT2D eigenvalue weighted by Crippen LogP contribution is 2.25. The minimum Gasteiger partial charge on any atom is -0.311 e. The minimum absolute atomic E-state index is 0.0717. The van der Waals surface area contributed by atoms with Gasteiger partial charge in [-0.1, -0.05) is 18.2 Å². The molecule has 0 saturated heterocycles. The molecule has 0 unspecified atom stereocenters. The number of amides is 1. The number of benzene rings is 1. The van der Waals surface area contributed by atoms with E-state index in [1.807, 2.05) is 30.3 Å². The first kappa shape index (κ1) is 8.94. The Balaban J connectivity index is 2.14. The van der Waals surface area contributed by atoms with Crippen LogP contribution in [0.15, 0.2) is 30.3 Å². The number of para-hydroxylation sites is 1. The number of hydrogen-bond acceptors (Lipinski definition) is 2. The van der Waals surface area contributed by atoms with Gasteiger partial charge in [-0.15, -0.1) is 0 Å². The highest BCUT2D eigenvalue weighted by molar-refractivity contribution is 5.90. The number of ketones is 1. The van der Waals surface area contributed by atoms with E-state index in [9.17, 15) is 9.59 Å². The fraction of sp³-hybridized carbons (Fsp3) is 0.273. The highest BCUT2D eigenvalue weighted by Gasteiger charge is 2.31. The maximum Gasteiger partial charge on any atom is 0.214 e. The molecule has 0 aromatic heterocycles. The van der Waals surface area contributed by atoms with Crippen molar-refractivity contribution in [1.29, 1.82) is 0 Å². The monoisotopic (exact) mass is 189 g/mol. The van der Waals surface area contributed by atoms with Gasteiger partial charge < -0.3 is 4.90 Å². The molecule has 0 radical (unpaired) electrons. The van der Waals surface area contributed by atoms with Gasteiger partial charge in [0.05, 0.1) is 6.04 Å². The van der Waals surface area contributed by atoms with Crippen molar-refractivity contribution in [3.63, 3.8) is 0 Å². The molecule has 1 aliphatic carbocycles. The van der Waals surface area contributed by atoms with Gasteiger partial charge in [0.1, 0.15) is 5.78 Å². The molecule has 1 fully saturated rings. The number of anilines is 1. The van der Waals surface area contributed by atoms with Crippen molar-refractivity contribution in [2.24, 2.45) is 0 Å². The standard InChI is InChI=1S/C11H11NO2/c13-8-12(10-6-11(14)7-10)9-4-2-1-3-5-9/h1-5,8,10H,6-7H2. The quantitative estimate of drug-likeness (QED) is 0.673. The van der Waals surface area contributed by atoms with Gasteiger partial charge in [0, 0.05) is 18.5 Å². The maximum absolute atomic E-state index is 10.9. The van der Waals surface area contributed by atoms with E-state index in [0.717, 1.165) is 12.1 Å². The second-order valence-corrected chi connectivity index (χ2v) is 3.45. The van der Waals surface area contributed by atoms with Crippen LogP contribution in [0.5, 0.6) is 0 Å². The minimum atomic E-state index is 0.0717. The van der Waals surface area contributed by atoms with Gasteiger partial charge >= 0.3 is 0 Å². The third kappa shape index (κ3) is 1.53. The number of carbonyl (C=O) groups is 2. The molecule has 2 rings (SSSR count). The lowest BCUT2D eigenvalue weighted by Crippen LogP contribution is -2.44. The van der Waals surface area contributed by atoms with Gasteiger partial charge in [-0.2, -0.15) is 0 Å². The molecule has 3 nitrogen and oxygen atoms in total. The summed E-state index contributed by atoms with van der Waals surface area (Å²) in [6.07, 6.45) is 1.79. The van der Waals surface area contributed by atoms with Crippen molar-refractivity contribution < 1.29 is 9.59 Å². The zero-order chi connectivity index (χ0) is 9.97. The first-order valence-corrected chi connectivity index (χ1v) is 4.61. The van der Waals surface area contributed by atoms with Crippen LogP contribution in [0.4, 0.5) is 5.69 Å². The van der Waals surface area contributed by atoms with E-state index in [2.05, 4.69) is 0 Å². The normalized spacial score (nSPS) is 16.1. The van der Waals surface area contributed by atoms with E-state index in [1.54, 1.807) is 4.90 Å². The summed E-state index contributed by atoms with van der Waals surface area (Å²) >= 11 is 0.